The molecule has 142 valence electrons. The van der Waals surface area contributed by atoms with Crippen molar-refractivity contribution in [3.63, 3.8) is 0 Å². The highest BCUT2D eigenvalue weighted by Gasteiger charge is 2.16. The van der Waals surface area contributed by atoms with Crippen molar-refractivity contribution in [1.82, 2.24) is 10.6 Å². The third kappa shape index (κ3) is 7.19. The molecule has 0 aliphatic carbocycles. The first-order valence-corrected chi connectivity index (χ1v) is 8.63. The summed E-state index contributed by atoms with van der Waals surface area (Å²) in [5.74, 6) is -1.16. The zero-order valence-corrected chi connectivity index (χ0v) is 14.9. The number of nitrogens with one attached hydrogen (secondary N) is 2. The summed E-state index contributed by atoms with van der Waals surface area (Å²) in [6.07, 6.45) is 0.882. The van der Waals surface area contributed by atoms with Gasteiger partial charge in [-0.05, 0) is 36.1 Å². The molecule has 0 heterocycles. The van der Waals surface area contributed by atoms with Gasteiger partial charge in [-0.2, -0.15) is 0 Å². The molecule has 0 radical (unpaired) electrons. The Morgan fingerprint density at radius 3 is 2.22 bits per heavy atom. The van der Waals surface area contributed by atoms with Crippen LogP contribution in [0.5, 0.6) is 0 Å². The van der Waals surface area contributed by atoms with Gasteiger partial charge in [-0.1, -0.05) is 42.5 Å². The summed E-state index contributed by atoms with van der Waals surface area (Å²) in [6.45, 7) is 0.284. The summed E-state index contributed by atoms with van der Waals surface area (Å²) in [7, 11) is 0. The Bertz CT molecular complexity index is 776. The lowest BCUT2D eigenvalue weighted by Gasteiger charge is -2.18. The first kappa shape index (κ1) is 20.0. The van der Waals surface area contributed by atoms with E-state index >= 15 is 0 Å². The number of aliphatic carboxylic acids is 1. The van der Waals surface area contributed by atoms with Gasteiger partial charge in [-0.3, -0.25) is 9.59 Å². The van der Waals surface area contributed by atoms with Crippen LogP contribution in [-0.4, -0.2) is 29.1 Å². The van der Waals surface area contributed by atoms with Crippen LogP contribution in [0.2, 0.25) is 0 Å². The van der Waals surface area contributed by atoms with E-state index in [-0.39, 0.29) is 24.9 Å². The second-order valence-electron chi connectivity index (χ2n) is 6.21. The number of benzene rings is 2. The number of hydrogen-bond acceptors (Lipinski definition) is 3. The topological polar surface area (TPSA) is 122 Å². The minimum Gasteiger partial charge on any atom is -0.481 e. The fourth-order valence-corrected chi connectivity index (χ4v) is 2.65. The van der Waals surface area contributed by atoms with Gasteiger partial charge in [0.1, 0.15) is 0 Å². The first-order valence-electron chi connectivity index (χ1n) is 8.63. The average molecular weight is 369 g/mol. The fraction of sp³-hybridized carbons (Fsp3) is 0.250. The molecule has 0 fully saturated rings. The van der Waals surface area contributed by atoms with E-state index in [2.05, 4.69) is 10.6 Å². The Kier molecular flexibility index (Phi) is 7.37. The molecule has 0 bridgehead atoms. The molecule has 0 aliphatic rings. The average Bonchev–Trinajstić information content (AvgIpc) is 2.65. The standard InChI is InChI=1S/C20H23N3O4/c21-20(27)22-13-15-6-8-16(9-7-15)19(26)23-17(10-11-18(24)25)12-14-4-2-1-3-5-14/h1-9,17H,10-13H2,(H,23,26)(H,24,25)(H3,21,22,27). The second-order valence-corrected chi connectivity index (χ2v) is 6.21. The van der Waals surface area contributed by atoms with Crippen molar-refractivity contribution in [3.05, 3.63) is 71.3 Å². The Labute approximate surface area is 157 Å². The number of rotatable bonds is 9. The number of nitrogens with two attached hydrogens (primary N) is 1. The maximum atomic E-state index is 12.5. The van der Waals surface area contributed by atoms with Gasteiger partial charge in [0.05, 0.1) is 0 Å². The zero-order chi connectivity index (χ0) is 19.6. The van der Waals surface area contributed by atoms with Crippen molar-refractivity contribution < 1.29 is 19.5 Å². The lowest BCUT2D eigenvalue weighted by molar-refractivity contribution is -0.137. The van der Waals surface area contributed by atoms with Gasteiger partial charge in [0.2, 0.25) is 0 Å². The molecule has 0 aromatic heterocycles. The van der Waals surface area contributed by atoms with Crippen LogP contribution >= 0.6 is 0 Å². The molecular formula is C20H23N3O4. The van der Waals surface area contributed by atoms with E-state index in [9.17, 15) is 14.4 Å². The predicted molar refractivity (Wildman–Crippen MR) is 101 cm³/mol. The highest BCUT2D eigenvalue weighted by atomic mass is 16.4. The number of carbonyl (C=O) groups is 3. The Morgan fingerprint density at radius 1 is 0.963 bits per heavy atom. The Balaban J connectivity index is 2.00. The van der Waals surface area contributed by atoms with Crippen molar-refractivity contribution >= 4 is 17.9 Å². The molecule has 0 saturated carbocycles. The molecule has 0 saturated heterocycles. The quantitative estimate of drug-likeness (QED) is 0.540. The van der Waals surface area contributed by atoms with Gasteiger partial charge in [-0.15, -0.1) is 0 Å². The van der Waals surface area contributed by atoms with Crippen molar-refractivity contribution in [3.8, 4) is 0 Å². The number of carbonyl (C=O) groups excluding carboxylic acids is 2. The van der Waals surface area contributed by atoms with Gasteiger partial charge in [0.15, 0.2) is 0 Å². The van der Waals surface area contributed by atoms with Gasteiger partial charge in [0.25, 0.3) is 5.91 Å². The van der Waals surface area contributed by atoms with Crippen LogP contribution in [0.15, 0.2) is 54.6 Å². The molecule has 2 rings (SSSR count). The highest BCUT2D eigenvalue weighted by molar-refractivity contribution is 5.94. The number of urea groups is 1. The number of hydrogen-bond donors (Lipinski definition) is 4. The molecule has 27 heavy (non-hydrogen) atoms. The van der Waals surface area contributed by atoms with Crippen LogP contribution in [0.3, 0.4) is 0 Å². The molecule has 0 spiro atoms. The van der Waals surface area contributed by atoms with Crippen molar-refractivity contribution in [2.24, 2.45) is 5.73 Å². The second kappa shape index (κ2) is 9.96. The van der Waals surface area contributed by atoms with E-state index in [0.717, 1.165) is 11.1 Å². The van der Waals surface area contributed by atoms with E-state index in [4.69, 9.17) is 10.8 Å². The van der Waals surface area contributed by atoms with Crippen molar-refractivity contribution in [1.29, 1.82) is 0 Å². The molecule has 1 atom stereocenters. The Hall–Kier alpha value is -3.35. The van der Waals surface area contributed by atoms with Crippen LogP contribution in [0, 0.1) is 0 Å². The number of primary amides is 1. The summed E-state index contributed by atoms with van der Waals surface area (Å²) in [5.41, 5.74) is 7.34. The van der Waals surface area contributed by atoms with E-state index in [1.807, 2.05) is 30.3 Å². The third-order valence-electron chi connectivity index (χ3n) is 4.05. The monoisotopic (exact) mass is 369 g/mol. The maximum absolute atomic E-state index is 12.5. The van der Waals surface area contributed by atoms with Crippen LogP contribution in [-0.2, 0) is 17.8 Å². The molecule has 1 unspecified atom stereocenters. The SMILES string of the molecule is NC(=O)NCc1ccc(C(=O)NC(CCC(=O)O)Cc2ccccc2)cc1. The van der Waals surface area contributed by atoms with E-state index in [1.54, 1.807) is 24.3 Å². The van der Waals surface area contributed by atoms with Gasteiger partial charge < -0.3 is 21.5 Å². The summed E-state index contributed by atoms with van der Waals surface area (Å²) in [4.78, 5) is 34.2. The molecule has 5 N–H and O–H groups in total. The highest BCUT2D eigenvalue weighted by Crippen LogP contribution is 2.10. The summed E-state index contributed by atoms with van der Waals surface area (Å²) >= 11 is 0. The minimum atomic E-state index is -0.895. The smallest absolute Gasteiger partial charge is 0.312 e. The number of carboxylic acids is 1. The maximum Gasteiger partial charge on any atom is 0.312 e. The summed E-state index contributed by atoms with van der Waals surface area (Å²) in [6, 6.07) is 15.5. The predicted octanol–water partition coefficient (Wildman–Crippen LogP) is 2.06. The normalized spacial score (nSPS) is 11.4. The lowest BCUT2D eigenvalue weighted by atomic mass is 10.0. The largest absolute Gasteiger partial charge is 0.481 e. The van der Waals surface area contributed by atoms with Gasteiger partial charge in [0, 0.05) is 24.6 Å². The van der Waals surface area contributed by atoms with Crippen molar-refractivity contribution in [2.45, 2.75) is 31.8 Å². The third-order valence-corrected chi connectivity index (χ3v) is 4.05. The minimum absolute atomic E-state index is 0.0183. The van der Waals surface area contributed by atoms with Gasteiger partial charge in [-0.25, -0.2) is 4.79 Å². The molecule has 2 aromatic carbocycles. The van der Waals surface area contributed by atoms with Crippen LogP contribution in [0.1, 0.15) is 34.3 Å². The van der Waals surface area contributed by atoms with E-state index < -0.39 is 12.0 Å². The van der Waals surface area contributed by atoms with E-state index in [0.29, 0.717) is 18.4 Å². The molecular weight excluding hydrogens is 346 g/mol. The zero-order valence-electron chi connectivity index (χ0n) is 14.9. The van der Waals surface area contributed by atoms with E-state index in [1.165, 1.54) is 0 Å². The molecule has 0 aliphatic heterocycles. The van der Waals surface area contributed by atoms with Crippen molar-refractivity contribution in [2.75, 3.05) is 0 Å². The number of carboxylic acid groups (broad SMARTS) is 1. The summed E-state index contributed by atoms with van der Waals surface area (Å²) in [5, 5.41) is 14.3. The first-order chi connectivity index (χ1) is 12.9. The van der Waals surface area contributed by atoms with Crippen LogP contribution < -0.4 is 16.4 Å². The van der Waals surface area contributed by atoms with Gasteiger partial charge >= 0.3 is 12.0 Å². The fourth-order valence-electron chi connectivity index (χ4n) is 2.65. The lowest BCUT2D eigenvalue weighted by Crippen LogP contribution is -2.37. The molecule has 7 nitrogen and oxygen atoms in total. The summed E-state index contributed by atoms with van der Waals surface area (Å²) < 4.78 is 0. The Morgan fingerprint density at radius 2 is 1.63 bits per heavy atom. The van der Waals surface area contributed by atoms with Crippen LogP contribution in [0.25, 0.3) is 0 Å². The molecule has 7 heteroatoms. The molecule has 2 aromatic rings. The number of amides is 3. The van der Waals surface area contributed by atoms with Crippen LogP contribution in [0.4, 0.5) is 4.79 Å². The molecule has 3 amide bonds.